The molecule has 0 unspecified atom stereocenters. The second-order valence-corrected chi connectivity index (χ2v) is 7.76. The summed E-state index contributed by atoms with van der Waals surface area (Å²) in [5.74, 6) is 0.142. The number of amides is 1. The lowest BCUT2D eigenvalue weighted by atomic mass is 10.2. The average Bonchev–Trinajstić information content (AvgIpc) is 2.64. The molecule has 4 nitrogen and oxygen atoms in total. The molecule has 0 atom stereocenters. The largest absolute Gasteiger partial charge is 0.371 e. The maximum absolute atomic E-state index is 11.9. The fourth-order valence-electron chi connectivity index (χ4n) is 2.31. The molecule has 1 N–H and O–H groups in total. The van der Waals surface area contributed by atoms with E-state index in [4.69, 9.17) is 11.6 Å². The first kappa shape index (κ1) is 20.8. The number of nitrogens with one attached hydrogen (secondary N) is 1. The smallest absolute Gasteiger partial charge is 0.250 e. The Morgan fingerprint density at radius 3 is 2.54 bits per heavy atom. The van der Waals surface area contributed by atoms with Gasteiger partial charge in [0.2, 0.25) is 5.91 Å². The minimum absolute atomic E-state index is 0.153. The quantitative estimate of drug-likeness (QED) is 0.339. The number of anilines is 1. The standard InChI is InChI=1S/C19H21BrClN3OS/c1-3-24(4-2)18-10-5-14(11-17(18)20)12-22-23-19(25)13-26-16-8-6-15(21)7-9-16/h5-12H,3-4,13H2,1-2H3,(H,23,25)/b22-12-. The van der Waals surface area contributed by atoms with Gasteiger partial charge in [-0.3, -0.25) is 4.79 Å². The van der Waals surface area contributed by atoms with Gasteiger partial charge < -0.3 is 4.90 Å². The van der Waals surface area contributed by atoms with E-state index in [1.54, 1.807) is 18.3 Å². The molecule has 0 saturated heterocycles. The van der Waals surface area contributed by atoms with E-state index in [1.165, 1.54) is 11.8 Å². The van der Waals surface area contributed by atoms with Crippen molar-refractivity contribution in [2.75, 3.05) is 23.7 Å². The summed E-state index contributed by atoms with van der Waals surface area (Å²) in [6.07, 6.45) is 1.64. The van der Waals surface area contributed by atoms with Gasteiger partial charge in [0.25, 0.3) is 0 Å². The Kier molecular flexibility index (Phi) is 8.48. The van der Waals surface area contributed by atoms with Gasteiger partial charge in [0.05, 0.1) is 17.7 Å². The summed E-state index contributed by atoms with van der Waals surface area (Å²) in [6.45, 7) is 6.15. The third-order valence-electron chi connectivity index (χ3n) is 3.66. The van der Waals surface area contributed by atoms with Crippen LogP contribution in [0.25, 0.3) is 0 Å². The lowest BCUT2D eigenvalue weighted by Gasteiger charge is -2.22. The number of carbonyl (C=O) groups is 1. The number of hydrazone groups is 1. The van der Waals surface area contributed by atoms with E-state index >= 15 is 0 Å². The van der Waals surface area contributed by atoms with Crippen molar-refractivity contribution in [1.29, 1.82) is 0 Å². The highest BCUT2D eigenvalue weighted by Crippen LogP contribution is 2.26. The zero-order valence-electron chi connectivity index (χ0n) is 14.7. The number of carbonyl (C=O) groups excluding carboxylic acids is 1. The van der Waals surface area contributed by atoms with Crippen LogP contribution < -0.4 is 10.3 Å². The van der Waals surface area contributed by atoms with Gasteiger partial charge in [-0.1, -0.05) is 17.7 Å². The summed E-state index contributed by atoms with van der Waals surface area (Å²) in [7, 11) is 0. The molecule has 0 spiro atoms. The fourth-order valence-corrected chi connectivity index (χ4v) is 3.78. The number of halogens is 2. The Morgan fingerprint density at radius 1 is 1.23 bits per heavy atom. The summed E-state index contributed by atoms with van der Waals surface area (Å²) >= 11 is 10.9. The minimum atomic E-state index is -0.153. The molecule has 2 rings (SSSR count). The van der Waals surface area contributed by atoms with Crippen molar-refractivity contribution in [3.63, 3.8) is 0 Å². The zero-order valence-corrected chi connectivity index (χ0v) is 17.9. The van der Waals surface area contributed by atoms with Crippen LogP contribution >= 0.6 is 39.3 Å². The maximum Gasteiger partial charge on any atom is 0.250 e. The highest BCUT2D eigenvalue weighted by Gasteiger charge is 2.07. The normalized spacial score (nSPS) is 10.9. The van der Waals surface area contributed by atoms with E-state index in [1.807, 2.05) is 24.3 Å². The van der Waals surface area contributed by atoms with E-state index in [-0.39, 0.29) is 5.91 Å². The van der Waals surface area contributed by atoms with Gasteiger partial charge in [0.1, 0.15) is 0 Å². The Bertz CT molecular complexity index is 764. The first-order chi connectivity index (χ1) is 12.5. The van der Waals surface area contributed by atoms with Crippen LogP contribution in [0.15, 0.2) is 56.9 Å². The Labute approximate surface area is 172 Å². The molecule has 7 heteroatoms. The van der Waals surface area contributed by atoms with Gasteiger partial charge >= 0.3 is 0 Å². The lowest BCUT2D eigenvalue weighted by Crippen LogP contribution is -2.22. The predicted molar refractivity (Wildman–Crippen MR) is 116 cm³/mol. The number of hydrogen-bond donors (Lipinski definition) is 1. The van der Waals surface area contributed by atoms with Crippen LogP contribution in [0.1, 0.15) is 19.4 Å². The summed E-state index contributed by atoms with van der Waals surface area (Å²) in [5.41, 5.74) is 4.61. The summed E-state index contributed by atoms with van der Waals surface area (Å²) < 4.78 is 1.01. The molecule has 0 bridgehead atoms. The highest BCUT2D eigenvalue weighted by atomic mass is 79.9. The van der Waals surface area contributed by atoms with E-state index < -0.39 is 0 Å². The van der Waals surface area contributed by atoms with Crippen molar-refractivity contribution in [3.05, 3.63) is 57.5 Å². The van der Waals surface area contributed by atoms with E-state index in [0.29, 0.717) is 10.8 Å². The first-order valence-corrected chi connectivity index (χ1v) is 10.4. The molecule has 1 amide bonds. The van der Waals surface area contributed by atoms with Crippen molar-refractivity contribution in [2.45, 2.75) is 18.7 Å². The second-order valence-electron chi connectivity index (χ2n) is 5.42. The van der Waals surface area contributed by atoms with Crippen LogP contribution in [0.5, 0.6) is 0 Å². The van der Waals surface area contributed by atoms with Crippen LogP contribution in [0.3, 0.4) is 0 Å². The van der Waals surface area contributed by atoms with Crippen LogP contribution in [0.4, 0.5) is 5.69 Å². The molecule has 138 valence electrons. The van der Waals surface area contributed by atoms with Crippen LogP contribution in [-0.2, 0) is 4.79 Å². The van der Waals surface area contributed by atoms with Crippen molar-refractivity contribution >= 4 is 57.1 Å². The van der Waals surface area contributed by atoms with Gasteiger partial charge in [-0.15, -0.1) is 11.8 Å². The van der Waals surface area contributed by atoms with Crippen molar-refractivity contribution in [1.82, 2.24) is 5.43 Å². The minimum Gasteiger partial charge on any atom is -0.371 e. The summed E-state index contributed by atoms with van der Waals surface area (Å²) in [5, 5.41) is 4.71. The topological polar surface area (TPSA) is 44.7 Å². The number of thioether (sulfide) groups is 1. The maximum atomic E-state index is 11.9. The van der Waals surface area contributed by atoms with Crippen LogP contribution in [-0.4, -0.2) is 31.0 Å². The second kappa shape index (κ2) is 10.6. The molecular formula is C19H21BrClN3OS. The van der Waals surface area contributed by atoms with Gasteiger partial charge in [0, 0.05) is 27.5 Å². The molecule has 2 aromatic carbocycles. The monoisotopic (exact) mass is 453 g/mol. The molecule has 0 heterocycles. The summed E-state index contributed by atoms with van der Waals surface area (Å²) in [4.78, 5) is 15.1. The lowest BCUT2D eigenvalue weighted by molar-refractivity contribution is -0.118. The van der Waals surface area contributed by atoms with Gasteiger partial charge in [-0.2, -0.15) is 5.10 Å². The SMILES string of the molecule is CCN(CC)c1ccc(/C=N\NC(=O)CSc2ccc(Cl)cc2)cc1Br. The molecular weight excluding hydrogens is 434 g/mol. The molecule has 0 aliphatic heterocycles. The zero-order chi connectivity index (χ0) is 18.9. The molecule has 0 radical (unpaired) electrons. The molecule has 0 aliphatic carbocycles. The van der Waals surface area contributed by atoms with Crippen molar-refractivity contribution in [3.8, 4) is 0 Å². The molecule has 26 heavy (non-hydrogen) atoms. The van der Waals surface area contributed by atoms with Gasteiger partial charge in [0.15, 0.2) is 0 Å². The number of benzene rings is 2. The molecule has 0 aliphatic rings. The van der Waals surface area contributed by atoms with Crippen LogP contribution in [0, 0.1) is 0 Å². The van der Waals surface area contributed by atoms with E-state index in [2.05, 4.69) is 51.3 Å². The highest BCUT2D eigenvalue weighted by molar-refractivity contribution is 9.10. The number of hydrogen-bond acceptors (Lipinski definition) is 4. The van der Waals surface area contributed by atoms with Crippen molar-refractivity contribution < 1.29 is 4.79 Å². The Balaban J connectivity index is 1.86. The van der Waals surface area contributed by atoms with Gasteiger partial charge in [-0.05, 0) is 71.7 Å². The Morgan fingerprint density at radius 2 is 1.92 bits per heavy atom. The number of nitrogens with zero attached hydrogens (tertiary/aromatic N) is 2. The number of rotatable bonds is 8. The third kappa shape index (κ3) is 6.34. The molecule has 0 fully saturated rings. The van der Waals surface area contributed by atoms with E-state index in [0.717, 1.165) is 33.7 Å². The fraction of sp³-hybridized carbons (Fsp3) is 0.263. The third-order valence-corrected chi connectivity index (χ3v) is 5.56. The van der Waals surface area contributed by atoms with Gasteiger partial charge in [-0.25, -0.2) is 5.43 Å². The molecule has 0 saturated carbocycles. The van der Waals surface area contributed by atoms with Crippen LogP contribution in [0.2, 0.25) is 5.02 Å². The first-order valence-electron chi connectivity index (χ1n) is 8.28. The Hall–Kier alpha value is -1.50. The molecule has 2 aromatic rings. The van der Waals surface area contributed by atoms with Crippen molar-refractivity contribution in [2.24, 2.45) is 5.10 Å². The average molecular weight is 455 g/mol. The van der Waals surface area contributed by atoms with E-state index in [9.17, 15) is 4.79 Å². The predicted octanol–water partition coefficient (Wildman–Crippen LogP) is 5.19. The summed E-state index contributed by atoms with van der Waals surface area (Å²) in [6, 6.07) is 13.4. The molecule has 0 aromatic heterocycles.